The molecule has 3 aromatic heterocycles. The third-order valence-electron chi connectivity index (χ3n) is 16.5. The van der Waals surface area contributed by atoms with Crippen molar-refractivity contribution in [2.24, 2.45) is 0 Å². The zero-order valence-electron chi connectivity index (χ0n) is 50.9. The molecule has 1 N–H and O–H groups in total. The molecule has 0 unspecified atom stereocenters. The minimum absolute atomic E-state index is 0. The standard InChI is InChI=1S/C75H79N4OSi.Pt/c1-46(2)56-29-23-30-57(47(3)4)67(56)49-33-35-65-61(42-49)59-37-38-76-68(70(59)78(65)54-27-21-18-22-28-54)51-39-50(40-52(41-51)73(5,6)7)58-31-24-32-66-69(58)77-72(62-43-53(74(8,9)10)44-63(71(62)80)75(11,12)13)79(66)64-36-34-55(81(14,15)16)45-60(64)48-25-19-17-20-26-48;/h17-38,40-47,80H,1-16H3;/q-1;. The second-order valence-electron chi connectivity index (χ2n) is 27.2. The minimum Gasteiger partial charge on any atom is -0.507 e. The van der Waals surface area contributed by atoms with Gasteiger partial charge in [0.05, 0.1) is 35.9 Å². The number of nitrogens with zero attached hydrogens (tertiary/aromatic N) is 4. The summed E-state index contributed by atoms with van der Waals surface area (Å²) >= 11 is 0. The van der Waals surface area contributed by atoms with E-state index in [0.717, 1.165) is 89.0 Å². The first-order valence-electron chi connectivity index (χ1n) is 29.1. The van der Waals surface area contributed by atoms with E-state index in [1.54, 1.807) is 0 Å². The van der Waals surface area contributed by atoms with Gasteiger partial charge in [-0.2, -0.15) is 0 Å². The van der Waals surface area contributed by atoms with Gasteiger partial charge >= 0.3 is 0 Å². The van der Waals surface area contributed by atoms with Crippen LogP contribution in [0.3, 0.4) is 0 Å². The van der Waals surface area contributed by atoms with Crippen molar-refractivity contribution in [2.45, 2.75) is 138 Å². The molecular formula is C75H79N4OPtSi-. The molecule has 0 saturated carbocycles. The van der Waals surface area contributed by atoms with E-state index >= 15 is 0 Å². The van der Waals surface area contributed by atoms with Crippen molar-refractivity contribution < 1.29 is 26.2 Å². The van der Waals surface area contributed by atoms with Crippen LogP contribution in [0.25, 0.3) is 100 Å². The molecule has 420 valence electrons. The molecule has 0 amide bonds. The van der Waals surface area contributed by atoms with Crippen molar-refractivity contribution in [3.05, 3.63) is 204 Å². The summed E-state index contributed by atoms with van der Waals surface area (Å²) in [6.45, 7) is 36.6. The zero-order chi connectivity index (χ0) is 57.7. The molecule has 0 fully saturated rings. The average Bonchev–Trinajstić information content (AvgIpc) is 4.20. The van der Waals surface area contributed by atoms with Gasteiger partial charge in [-0.1, -0.05) is 229 Å². The summed E-state index contributed by atoms with van der Waals surface area (Å²) < 4.78 is 4.72. The number of pyridine rings is 1. The van der Waals surface area contributed by atoms with Gasteiger partial charge in [0.15, 0.2) is 0 Å². The van der Waals surface area contributed by atoms with Gasteiger partial charge in [0.2, 0.25) is 0 Å². The first kappa shape index (κ1) is 58.1. The molecule has 7 heteroatoms. The molecule has 0 saturated heterocycles. The number of para-hydroxylation sites is 2. The van der Waals surface area contributed by atoms with Crippen molar-refractivity contribution in [1.29, 1.82) is 0 Å². The molecular weight excluding hydrogens is 1200 g/mol. The first-order valence-corrected chi connectivity index (χ1v) is 32.6. The van der Waals surface area contributed by atoms with E-state index in [0.29, 0.717) is 23.2 Å². The fraction of sp³-hybridized carbons (Fsp3) is 0.280. The molecule has 0 aliphatic carbocycles. The van der Waals surface area contributed by atoms with Crippen LogP contribution in [-0.4, -0.2) is 32.3 Å². The van der Waals surface area contributed by atoms with E-state index in [4.69, 9.17) is 9.97 Å². The maximum Gasteiger partial charge on any atom is 0.148 e. The van der Waals surface area contributed by atoms with Crippen molar-refractivity contribution in [3.63, 3.8) is 0 Å². The third-order valence-corrected chi connectivity index (χ3v) is 18.6. The van der Waals surface area contributed by atoms with Crippen molar-refractivity contribution in [3.8, 4) is 73.2 Å². The average molecular weight is 1280 g/mol. The number of benzene rings is 8. The monoisotopic (exact) mass is 1270 g/mol. The van der Waals surface area contributed by atoms with E-state index in [9.17, 15) is 5.11 Å². The van der Waals surface area contributed by atoms with E-state index in [-0.39, 0.29) is 43.1 Å². The number of phenols is 1. The molecule has 0 aliphatic rings. The second kappa shape index (κ2) is 21.6. The van der Waals surface area contributed by atoms with Crippen LogP contribution in [0.2, 0.25) is 19.6 Å². The van der Waals surface area contributed by atoms with Crippen LogP contribution < -0.4 is 5.19 Å². The van der Waals surface area contributed by atoms with Gasteiger partial charge in [-0.3, -0.25) is 9.55 Å². The van der Waals surface area contributed by atoms with Gasteiger partial charge in [0.25, 0.3) is 0 Å². The Morgan fingerprint density at radius 2 is 1.15 bits per heavy atom. The number of fused-ring (bicyclic) bond motifs is 4. The minimum atomic E-state index is -1.76. The summed E-state index contributed by atoms with van der Waals surface area (Å²) in [6, 6.07) is 64.2. The summed E-state index contributed by atoms with van der Waals surface area (Å²) in [6.07, 6.45) is 1.98. The fourth-order valence-electron chi connectivity index (χ4n) is 11.9. The molecule has 0 bridgehead atoms. The zero-order valence-corrected chi connectivity index (χ0v) is 54.1. The van der Waals surface area contributed by atoms with Crippen LogP contribution in [0.1, 0.15) is 130 Å². The van der Waals surface area contributed by atoms with Gasteiger partial charge in [0, 0.05) is 66.1 Å². The molecule has 0 spiro atoms. The van der Waals surface area contributed by atoms with Gasteiger partial charge in [-0.25, -0.2) is 4.98 Å². The van der Waals surface area contributed by atoms with Gasteiger partial charge < -0.3 is 9.67 Å². The van der Waals surface area contributed by atoms with Crippen LogP contribution >= 0.6 is 0 Å². The topological polar surface area (TPSA) is 55.9 Å². The van der Waals surface area contributed by atoms with E-state index in [2.05, 4.69) is 289 Å². The maximum atomic E-state index is 12.8. The molecule has 3 heterocycles. The Labute approximate surface area is 502 Å². The van der Waals surface area contributed by atoms with E-state index in [1.165, 1.54) is 32.8 Å². The summed E-state index contributed by atoms with van der Waals surface area (Å²) in [5.41, 5.74) is 20.3. The second-order valence-corrected chi connectivity index (χ2v) is 32.3. The largest absolute Gasteiger partial charge is 0.507 e. The Bertz CT molecular complexity index is 4190. The Morgan fingerprint density at radius 1 is 0.524 bits per heavy atom. The number of hydrogen-bond acceptors (Lipinski definition) is 3. The van der Waals surface area contributed by atoms with Crippen LogP contribution in [0.4, 0.5) is 0 Å². The predicted molar refractivity (Wildman–Crippen MR) is 348 cm³/mol. The Kier molecular flexibility index (Phi) is 15.3. The van der Waals surface area contributed by atoms with Gasteiger partial charge in [-0.05, 0) is 110 Å². The molecule has 5 nitrogen and oxygen atoms in total. The first-order chi connectivity index (χ1) is 38.3. The van der Waals surface area contributed by atoms with Crippen LogP contribution in [-0.2, 0) is 37.3 Å². The molecule has 0 aliphatic heterocycles. The van der Waals surface area contributed by atoms with Crippen molar-refractivity contribution >= 4 is 46.1 Å². The van der Waals surface area contributed by atoms with Crippen LogP contribution in [0.5, 0.6) is 5.75 Å². The number of phenolic OH excluding ortho intramolecular Hbond substituents is 1. The molecule has 11 rings (SSSR count). The third kappa shape index (κ3) is 10.6. The summed E-state index contributed by atoms with van der Waals surface area (Å²) in [4.78, 5) is 11.2. The quantitative estimate of drug-likeness (QED) is 0.110. The molecule has 0 atom stereocenters. The SMILES string of the molecule is CC(C)c1cccc(C(C)C)c1-c1ccc2c(c1)c1ccnc(-c3[c-]c(-c4cccc5c4nc(-c4cc(C(C)(C)C)cc(C(C)(C)C)c4O)n5-c4ccc([Si](C)(C)C)cc4-c4ccccc4)cc(C(C)(C)C)c3)c1n2-c1ccccc1.[Pt]. The number of aromatic nitrogens is 4. The van der Waals surface area contributed by atoms with Crippen LogP contribution in [0.15, 0.2) is 170 Å². The van der Waals surface area contributed by atoms with Crippen molar-refractivity contribution in [1.82, 2.24) is 19.1 Å². The summed E-state index contributed by atoms with van der Waals surface area (Å²) in [5, 5.41) is 16.5. The van der Waals surface area contributed by atoms with E-state index < -0.39 is 8.07 Å². The molecule has 82 heavy (non-hydrogen) atoms. The van der Waals surface area contributed by atoms with Crippen molar-refractivity contribution in [2.75, 3.05) is 0 Å². The smallest absolute Gasteiger partial charge is 0.148 e. The maximum absolute atomic E-state index is 12.8. The normalized spacial score (nSPS) is 12.6. The summed E-state index contributed by atoms with van der Waals surface area (Å²) in [7, 11) is -1.76. The summed E-state index contributed by atoms with van der Waals surface area (Å²) in [5.74, 6) is 1.67. The number of rotatable bonds is 10. The fourth-order valence-corrected chi connectivity index (χ4v) is 13.1. The van der Waals surface area contributed by atoms with Crippen LogP contribution in [0, 0.1) is 6.07 Å². The molecule has 11 aromatic rings. The molecule has 8 aromatic carbocycles. The molecule has 0 radical (unpaired) electrons. The number of hydrogen-bond donors (Lipinski definition) is 1. The van der Waals surface area contributed by atoms with Gasteiger partial charge in [0.1, 0.15) is 11.6 Å². The number of aromatic hydroxyl groups is 1. The number of imidazole rings is 1. The van der Waals surface area contributed by atoms with Gasteiger partial charge in [-0.15, -0.1) is 29.3 Å². The Morgan fingerprint density at radius 3 is 1.77 bits per heavy atom. The van der Waals surface area contributed by atoms with E-state index in [1.807, 2.05) is 6.20 Å². The Balaban J connectivity index is 0.00000753. The predicted octanol–water partition coefficient (Wildman–Crippen LogP) is 20.0. The Hall–Kier alpha value is -7.11.